The van der Waals surface area contributed by atoms with Crippen LogP contribution in [0.25, 0.3) is 0 Å². The highest BCUT2D eigenvalue weighted by Crippen LogP contribution is 2.29. The van der Waals surface area contributed by atoms with Crippen LogP contribution in [0.15, 0.2) is 28.7 Å². The summed E-state index contributed by atoms with van der Waals surface area (Å²) in [6, 6.07) is 7.87. The van der Waals surface area contributed by atoms with E-state index in [2.05, 4.69) is 21.2 Å². The number of rotatable bonds is 7. The van der Waals surface area contributed by atoms with Crippen LogP contribution in [0.4, 0.5) is 0 Å². The number of ether oxygens (including phenoxy) is 2. The first-order valence-corrected chi connectivity index (χ1v) is 7.22. The van der Waals surface area contributed by atoms with Gasteiger partial charge in [-0.1, -0.05) is 22.0 Å². The molecule has 1 saturated carbocycles. The van der Waals surface area contributed by atoms with Gasteiger partial charge in [0.05, 0.1) is 12.7 Å². The standard InChI is InChI=1S/C14H20BrNO2/c1-16-10-11-7-14(8-11)18-6-5-17-13-4-2-3-12(15)9-13/h2-4,9,11,14,16H,5-8,10H2,1H3. The summed E-state index contributed by atoms with van der Waals surface area (Å²) in [7, 11) is 2.00. The van der Waals surface area contributed by atoms with Gasteiger partial charge in [-0.2, -0.15) is 0 Å². The van der Waals surface area contributed by atoms with E-state index >= 15 is 0 Å². The molecule has 1 fully saturated rings. The van der Waals surface area contributed by atoms with Gasteiger partial charge in [-0.3, -0.25) is 0 Å². The first-order valence-electron chi connectivity index (χ1n) is 6.42. The third kappa shape index (κ3) is 4.26. The number of hydrogen-bond acceptors (Lipinski definition) is 3. The van der Waals surface area contributed by atoms with Crippen molar-refractivity contribution in [3.63, 3.8) is 0 Å². The van der Waals surface area contributed by atoms with E-state index in [4.69, 9.17) is 9.47 Å². The Morgan fingerprint density at radius 3 is 2.89 bits per heavy atom. The van der Waals surface area contributed by atoms with Crippen molar-refractivity contribution in [2.75, 3.05) is 26.8 Å². The van der Waals surface area contributed by atoms with Crippen LogP contribution in [-0.2, 0) is 4.74 Å². The fourth-order valence-corrected chi connectivity index (χ4v) is 2.58. The second-order valence-corrected chi connectivity index (χ2v) is 5.61. The van der Waals surface area contributed by atoms with Gasteiger partial charge in [0.1, 0.15) is 12.4 Å². The quantitative estimate of drug-likeness (QED) is 0.785. The fourth-order valence-electron chi connectivity index (χ4n) is 2.20. The molecule has 2 rings (SSSR count). The summed E-state index contributed by atoms with van der Waals surface area (Å²) in [5.74, 6) is 1.68. The highest BCUT2D eigenvalue weighted by molar-refractivity contribution is 9.10. The zero-order valence-electron chi connectivity index (χ0n) is 10.7. The molecular formula is C14H20BrNO2. The molecule has 1 aromatic rings. The van der Waals surface area contributed by atoms with Crippen LogP contribution in [0.5, 0.6) is 5.75 Å². The maximum atomic E-state index is 5.74. The van der Waals surface area contributed by atoms with Crippen LogP contribution < -0.4 is 10.1 Å². The Kier molecular flexibility index (Phi) is 5.47. The van der Waals surface area contributed by atoms with Crippen LogP contribution in [0.2, 0.25) is 0 Å². The van der Waals surface area contributed by atoms with E-state index in [-0.39, 0.29) is 0 Å². The van der Waals surface area contributed by atoms with Crippen LogP contribution in [0, 0.1) is 5.92 Å². The predicted octanol–water partition coefficient (Wildman–Crippen LogP) is 2.84. The maximum absolute atomic E-state index is 5.74. The van der Waals surface area contributed by atoms with Crippen LogP contribution >= 0.6 is 15.9 Å². The van der Waals surface area contributed by atoms with Crippen molar-refractivity contribution in [2.24, 2.45) is 5.92 Å². The molecule has 1 N–H and O–H groups in total. The van der Waals surface area contributed by atoms with Crippen LogP contribution in [-0.4, -0.2) is 32.9 Å². The molecule has 100 valence electrons. The SMILES string of the molecule is CNCC1CC(OCCOc2cccc(Br)c2)C1. The number of hydrogen-bond donors (Lipinski definition) is 1. The van der Waals surface area contributed by atoms with Crippen molar-refractivity contribution in [1.29, 1.82) is 0 Å². The molecule has 0 radical (unpaired) electrons. The third-order valence-electron chi connectivity index (χ3n) is 3.19. The van der Waals surface area contributed by atoms with Crippen LogP contribution in [0.3, 0.4) is 0 Å². The summed E-state index contributed by atoms with van der Waals surface area (Å²) in [5.41, 5.74) is 0. The second kappa shape index (κ2) is 7.12. The topological polar surface area (TPSA) is 30.5 Å². The Balaban J connectivity index is 1.55. The summed E-state index contributed by atoms with van der Waals surface area (Å²) in [6.07, 6.45) is 2.80. The van der Waals surface area contributed by atoms with Gasteiger partial charge in [0.15, 0.2) is 0 Å². The normalized spacial score (nSPS) is 22.6. The molecule has 1 aliphatic carbocycles. The Bertz CT molecular complexity index is 367. The first kappa shape index (κ1) is 13.8. The Hall–Kier alpha value is -0.580. The van der Waals surface area contributed by atoms with Crippen molar-refractivity contribution < 1.29 is 9.47 Å². The molecule has 18 heavy (non-hydrogen) atoms. The zero-order valence-corrected chi connectivity index (χ0v) is 12.3. The van der Waals surface area contributed by atoms with Crippen molar-refractivity contribution in [3.05, 3.63) is 28.7 Å². The summed E-state index contributed by atoms with van der Waals surface area (Å²) in [6.45, 7) is 2.39. The van der Waals surface area contributed by atoms with Crippen molar-refractivity contribution in [1.82, 2.24) is 5.32 Å². The fraction of sp³-hybridized carbons (Fsp3) is 0.571. The lowest BCUT2D eigenvalue weighted by molar-refractivity contribution is -0.0387. The smallest absolute Gasteiger partial charge is 0.120 e. The van der Waals surface area contributed by atoms with E-state index in [0.29, 0.717) is 19.3 Å². The van der Waals surface area contributed by atoms with E-state index in [1.165, 1.54) is 12.8 Å². The molecular weight excluding hydrogens is 294 g/mol. The largest absolute Gasteiger partial charge is 0.491 e. The molecule has 0 atom stereocenters. The van der Waals surface area contributed by atoms with Crippen molar-refractivity contribution in [2.45, 2.75) is 18.9 Å². The molecule has 3 nitrogen and oxygen atoms in total. The molecule has 1 aromatic carbocycles. The minimum atomic E-state index is 0.439. The Morgan fingerprint density at radius 2 is 2.17 bits per heavy atom. The summed E-state index contributed by atoms with van der Waals surface area (Å²) in [5, 5.41) is 3.20. The average molecular weight is 314 g/mol. The number of nitrogens with one attached hydrogen (secondary N) is 1. The minimum Gasteiger partial charge on any atom is -0.491 e. The van der Waals surface area contributed by atoms with E-state index in [0.717, 1.165) is 22.7 Å². The number of benzene rings is 1. The number of halogens is 1. The van der Waals surface area contributed by atoms with Gasteiger partial charge in [-0.05, 0) is 50.6 Å². The molecule has 0 aliphatic heterocycles. The van der Waals surface area contributed by atoms with Gasteiger partial charge >= 0.3 is 0 Å². The predicted molar refractivity (Wildman–Crippen MR) is 76.0 cm³/mol. The van der Waals surface area contributed by atoms with E-state index in [1.807, 2.05) is 31.3 Å². The molecule has 0 saturated heterocycles. The minimum absolute atomic E-state index is 0.439. The van der Waals surface area contributed by atoms with Gasteiger partial charge in [-0.15, -0.1) is 0 Å². The molecule has 0 amide bonds. The van der Waals surface area contributed by atoms with Crippen LogP contribution in [0.1, 0.15) is 12.8 Å². The monoisotopic (exact) mass is 313 g/mol. The van der Waals surface area contributed by atoms with Gasteiger partial charge in [0.25, 0.3) is 0 Å². The molecule has 0 heterocycles. The summed E-state index contributed by atoms with van der Waals surface area (Å²) in [4.78, 5) is 0. The highest BCUT2D eigenvalue weighted by Gasteiger charge is 2.28. The van der Waals surface area contributed by atoms with Gasteiger partial charge < -0.3 is 14.8 Å². The van der Waals surface area contributed by atoms with Gasteiger partial charge in [0, 0.05) is 4.47 Å². The molecule has 0 spiro atoms. The van der Waals surface area contributed by atoms with E-state index in [9.17, 15) is 0 Å². The lowest BCUT2D eigenvalue weighted by Crippen LogP contribution is -2.37. The Morgan fingerprint density at radius 1 is 1.33 bits per heavy atom. The summed E-state index contributed by atoms with van der Waals surface area (Å²) >= 11 is 3.42. The second-order valence-electron chi connectivity index (χ2n) is 4.69. The summed E-state index contributed by atoms with van der Waals surface area (Å²) < 4.78 is 12.4. The molecule has 1 aliphatic rings. The van der Waals surface area contributed by atoms with Gasteiger partial charge in [-0.25, -0.2) is 0 Å². The lowest BCUT2D eigenvalue weighted by atomic mass is 9.82. The highest BCUT2D eigenvalue weighted by atomic mass is 79.9. The molecule has 0 bridgehead atoms. The van der Waals surface area contributed by atoms with E-state index < -0.39 is 0 Å². The first-order chi connectivity index (χ1) is 8.78. The molecule has 0 aromatic heterocycles. The average Bonchev–Trinajstić information content (AvgIpc) is 2.31. The third-order valence-corrected chi connectivity index (χ3v) is 3.68. The molecule has 4 heteroatoms. The van der Waals surface area contributed by atoms with Gasteiger partial charge in [0.2, 0.25) is 0 Å². The maximum Gasteiger partial charge on any atom is 0.120 e. The Labute approximate surface area is 117 Å². The van der Waals surface area contributed by atoms with E-state index in [1.54, 1.807) is 0 Å². The van der Waals surface area contributed by atoms with Crippen molar-refractivity contribution >= 4 is 15.9 Å². The molecule has 0 unspecified atom stereocenters. The lowest BCUT2D eigenvalue weighted by Gasteiger charge is -2.34. The van der Waals surface area contributed by atoms with Crippen molar-refractivity contribution in [3.8, 4) is 5.75 Å². The zero-order chi connectivity index (χ0) is 12.8.